The van der Waals surface area contributed by atoms with Crippen LogP contribution >= 0.6 is 0 Å². The van der Waals surface area contributed by atoms with Crippen LogP contribution in [-0.2, 0) is 6.18 Å². The zero-order chi connectivity index (χ0) is 28.1. The number of fused-ring (bicyclic) bond motifs is 3. The molecule has 11 heteroatoms. The molecule has 41 heavy (non-hydrogen) atoms. The molecule has 0 N–H and O–H groups in total. The van der Waals surface area contributed by atoms with E-state index in [0.29, 0.717) is 48.6 Å². The topological polar surface area (TPSA) is 74.9 Å². The van der Waals surface area contributed by atoms with Gasteiger partial charge < -0.3 is 23.9 Å². The number of rotatable bonds is 5. The van der Waals surface area contributed by atoms with Gasteiger partial charge in [0.05, 0.1) is 11.6 Å². The highest BCUT2D eigenvalue weighted by atomic mass is 19.4. The van der Waals surface area contributed by atoms with Crippen molar-refractivity contribution < 1.29 is 27.1 Å². The Kier molecular flexibility index (Phi) is 6.24. The van der Waals surface area contributed by atoms with Gasteiger partial charge in [-0.3, -0.25) is 9.78 Å². The molecule has 3 saturated heterocycles. The first-order valence-corrected chi connectivity index (χ1v) is 13.7. The summed E-state index contributed by atoms with van der Waals surface area (Å²) in [4.78, 5) is 27.7. The molecule has 4 aromatic rings. The predicted molar refractivity (Wildman–Crippen MR) is 145 cm³/mol. The lowest BCUT2D eigenvalue weighted by atomic mass is 10.1. The standard InChI is InChI=1S/C30H27F3N5O3/c31-30(32,33)20-1-3-21(4-2-20)36-13-9-24(10-14-36)41-26-6-5-25-28(40-18-35-25)27(26)37-16-23-15-22(37)17-38(23)29(39)19-7-11-34-12-8-19/h1-8,11-12,22-24H,9-10,13-17H2. The molecule has 3 aliphatic heterocycles. The number of hydrogen-bond donors (Lipinski definition) is 0. The van der Waals surface area contributed by atoms with Gasteiger partial charge in [0, 0.05) is 68.7 Å². The van der Waals surface area contributed by atoms with Crippen molar-refractivity contribution in [2.24, 2.45) is 0 Å². The molecular weight excluding hydrogens is 535 g/mol. The number of ether oxygens (including phenoxy) is 1. The third-order valence-corrected chi connectivity index (χ3v) is 8.40. The van der Waals surface area contributed by atoms with Crippen molar-refractivity contribution in [1.82, 2.24) is 14.9 Å². The lowest BCUT2D eigenvalue weighted by Gasteiger charge is -2.37. The fraction of sp³-hybridized carbons (Fsp3) is 0.367. The molecule has 1 amide bonds. The van der Waals surface area contributed by atoms with Crippen molar-refractivity contribution in [2.45, 2.75) is 43.6 Å². The Bertz CT molecular complexity index is 1550. The summed E-state index contributed by atoms with van der Waals surface area (Å²) in [7, 11) is 0. The van der Waals surface area contributed by atoms with E-state index in [2.05, 4.69) is 26.2 Å². The van der Waals surface area contributed by atoms with Crippen molar-refractivity contribution in [3.05, 3.63) is 78.4 Å². The second-order valence-electron chi connectivity index (χ2n) is 10.8. The number of halogens is 3. The van der Waals surface area contributed by atoms with Crippen LogP contribution in [0.5, 0.6) is 5.75 Å². The molecule has 2 aromatic heterocycles. The SMILES string of the molecule is O=C(c1ccncc1)N1CC2CC1CN2c1c(OC2CCN(c3ccc(C(F)(F)F)cc3)CC2)ccc2n[c]oc12. The molecule has 3 aliphatic rings. The Morgan fingerprint density at radius 2 is 1.73 bits per heavy atom. The molecule has 2 atom stereocenters. The minimum atomic E-state index is -4.35. The van der Waals surface area contributed by atoms with Crippen molar-refractivity contribution in [1.29, 1.82) is 0 Å². The number of carbonyl (C=O) groups excluding carboxylic acids is 1. The van der Waals surface area contributed by atoms with E-state index in [0.717, 1.165) is 42.8 Å². The first-order chi connectivity index (χ1) is 19.8. The van der Waals surface area contributed by atoms with Crippen LogP contribution in [0.25, 0.3) is 11.1 Å². The molecule has 1 radical (unpaired) electrons. The molecule has 211 valence electrons. The second-order valence-corrected chi connectivity index (χ2v) is 10.8. The number of anilines is 2. The number of benzene rings is 2. The van der Waals surface area contributed by atoms with E-state index in [9.17, 15) is 18.0 Å². The largest absolute Gasteiger partial charge is 0.488 e. The van der Waals surface area contributed by atoms with Crippen LogP contribution in [-0.4, -0.2) is 65.1 Å². The molecule has 0 saturated carbocycles. The highest BCUT2D eigenvalue weighted by Crippen LogP contribution is 2.44. The van der Waals surface area contributed by atoms with Gasteiger partial charge in [-0.25, -0.2) is 4.98 Å². The van der Waals surface area contributed by atoms with E-state index >= 15 is 0 Å². The predicted octanol–water partition coefficient (Wildman–Crippen LogP) is 5.19. The lowest BCUT2D eigenvalue weighted by Crippen LogP contribution is -2.49. The Hall–Kier alpha value is -4.28. The average Bonchev–Trinajstić information content (AvgIpc) is 3.74. The van der Waals surface area contributed by atoms with Crippen LogP contribution in [0.2, 0.25) is 0 Å². The zero-order valence-corrected chi connectivity index (χ0v) is 22.1. The monoisotopic (exact) mass is 562 g/mol. The Balaban J connectivity index is 1.06. The maximum atomic E-state index is 13.1. The molecule has 2 bridgehead atoms. The number of pyridine rings is 1. The number of piperidine rings is 1. The minimum Gasteiger partial charge on any atom is -0.488 e. The third kappa shape index (κ3) is 4.72. The summed E-state index contributed by atoms with van der Waals surface area (Å²) < 4.78 is 51.1. The molecular formula is C30H27F3N5O3. The highest BCUT2D eigenvalue weighted by Gasteiger charge is 2.47. The van der Waals surface area contributed by atoms with Gasteiger partial charge in [-0.15, -0.1) is 0 Å². The van der Waals surface area contributed by atoms with Crippen LogP contribution in [0.3, 0.4) is 0 Å². The Morgan fingerprint density at radius 3 is 2.41 bits per heavy atom. The summed E-state index contributed by atoms with van der Waals surface area (Å²) in [6, 6.07) is 12.8. The zero-order valence-electron chi connectivity index (χ0n) is 22.1. The van der Waals surface area contributed by atoms with E-state index in [4.69, 9.17) is 9.15 Å². The number of carbonyl (C=O) groups is 1. The summed E-state index contributed by atoms with van der Waals surface area (Å²) in [5.41, 5.74) is 2.91. The van der Waals surface area contributed by atoms with Crippen molar-refractivity contribution in [2.75, 3.05) is 36.0 Å². The summed E-state index contributed by atoms with van der Waals surface area (Å²) >= 11 is 0. The number of hydrogen-bond acceptors (Lipinski definition) is 7. The molecule has 5 heterocycles. The van der Waals surface area contributed by atoms with Crippen molar-refractivity contribution in [3.8, 4) is 5.75 Å². The van der Waals surface area contributed by atoms with Crippen LogP contribution in [0, 0.1) is 6.39 Å². The number of oxazole rings is 1. The van der Waals surface area contributed by atoms with Gasteiger partial charge in [0.2, 0.25) is 0 Å². The van der Waals surface area contributed by atoms with Gasteiger partial charge >= 0.3 is 6.18 Å². The van der Waals surface area contributed by atoms with E-state index < -0.39 is 11.7 Å². The quantitative estimate of drug-likeness (QED) is 0.331. The van der Waals surface area contributed by atoms with Crippen LogP contribution in [0.1, 0.15) is 35.2 Å². The summed E-state index contributed by atoms with van der Waals surface area (Å²) in [5, 5.41) is 0. The fourth-order valence-corrected chi connectivity index (χ4v) is 6.34. The van der Waals surface area contributed by atoms with Gasteiger partial charge in [-0.05, 0) is 55.0 Å². The molecule has 0 aliphatic carbocycles. The van der Waals surface area contributed by atoms with E-state index in [1.165, 1.54) is 12.1 Å². The number of piperazine rings is 1. The fourth-order valence-electron chi connectivity index (χ4n) is 6.34. The van der Waals surface area contributed by atoms with Gasteiger partial charge in [0.1, 0.15) is 23.1 Å². The first-order valence-electron chi connectivity index (χ1n) is 13.7. The minimum absolute atomic E-state index is 0.0158. The number of nitrogens with zero attached hydrogens (tertiary/aromatic N) is 5. The molecule has 7 rings (SSSR count). The van der Waals surface area contributed by atoms with Crippen LogP contribution in [0.15, 0.2) is 65.3 Å². The van der Waals surface area contributed by atoms with Gasteiger partial charge in [0.15, 0.2) is 5.58 Å². The number of alkyl halides is 3. The summed E-state index contributed by atoms with van der Waals surface area (Å²) in [5.74, 6) is 0.720. The first kappa shape index (κ1) is 25.7. The molecule has 0 spiro atoms. The highest BCUT2D eigenvalue weighted by molar-refractivity contribution is 5.95. The number of amides is 1. The molecule has 8 nitrogen and oxygen atoms in total. The summed E-state index contributed by atoms with van der Waals surface area (Å²) in [6.45, 7) is 2.60. The number of aromatic nitrogens is 2. The Labute approximate surface area is 234 Å². The molecule has 2 unspecified atom stereocenters. The van der Waals surface area contributed by atoms with Crippen molar-refractivity contribution in [3.63, 3.8) is 0 Å². The maximum absolute atomic E-state index is 13.1. The number of likely N-dealkylation sites (tertiary alicyclic amines) is 1. The summed E-state index contributed by atoms with van der Waals surface area (Å²) in [6.07, 6.45) is 3.77. The van der Waals surface area contributed by atoms with Crippen molar-refractivity contribution >= 4 is 28.4 Å². The average molecular weight is 563 g/mol. The molecule has 2 aromatic carbocycles. The molecule has 3 fully saturated rings. The van der Waals surface area contributed by atoms with E-state index in [1.807, 2.05) is 17.0 Å². The van der Waals surface area contributed by atoms with Crippen LogP contribution in [0.4, 0.5) is 24.5 Å². The van der Waals surface area contributed by atoms with Gasteiger partial charge in [0.25, 0.3) is 12.3 Å². The van der Waals surface area contributed by atoms with Crippen LogP contribution < -0.4 is 14.5 Å². The normalized spacial score (nSPS) is 21.2. The smallest absolute Gasteiger partial charge is 0.416 e. The Morgan fingerprint density at radius 1 is 0.976 bits per heavy atom. The van der Waals surface area contributed by atoms with Gasteiger partial charge in [-0.2, -0.15) is 13.2 Å². The second kappa shape index (κ2) is 9.97. The lowest BCUT2D eigenvalue weighted by molar-refractivity contribution is -0.137. The maximum Gasteiger partial charge on any atom is 0.416 e. The third-order valence-electron chi connectivity index (χ3n) is 8.40. The van der Waals surface area contributed by atoms with Gasteiger partial charge in [-0.1, -0.05) is 0 Å². The van der Waals surface area contributed by atoms with E-state index in [1.54, 1.807) is 24.5 Å². The van der Waals surface area contributed by atoms with E-state index in [-0.39, 0.29) is 24.1 Å².